The summed E-state index contributed by atoms with van der Waals surface area (Å²) in [6, 6.07) is 14.6. The Balaban J connectivity index is 2.13. The van der Waals surface area contributed by atoms with Gasteiger partial charge in [0.2, 0.25) is 0 Å². The third-order valence-corrected chi connectivity index (χ3v) is 3.69. The predicted molar refractivity (Wildman–Crippen MR) is 96.4 cm³/mol. The second-order valence-electron chi connectivity index (χ2n) is 5.15. The summed E-state index contributed by atoms with van der Waals surface area (Å²) in [5, 5.41) is 18.7. The van der Waals surface area contributed by atoms with E-state index in [1.165, 1.54) is 0 Å². The monoisotopic (exact) mass is 342 g/mol. The number of rotatable bonds is 8. The molecule has 0 bridgehead atoms. The molecule has 2 rings (SSSR count). The average molecular weight is 342 g/mol. The lowest BCUT2D eigenvalue weighted by atomic mass is 10.1. The van der Waals surface area contributed by atoms with E-state index in [1.54, 1.807) is 14.2 Å². The molecule has 132 valence electrons. The summed E-state index contributed by atoms with van der Waals surface area (Å²) in [4.78, 5) is 0. The maximum absolute atomic E-state index is 9.35. The van der Waals surface area contributed by atoms with Crippen LogP contribution in [0.15, 0.2) is 60.7 Å². The first kappa shape index (κ1) is 18.4. The maximum Gasteiger partial charge on any atom is 0.118 e. The van der Waals surface area contributed by atoms with Gasteiger partial charge >= 0.3 is 0 Å². The molecule has 0 spiro atoms. The molecule has 0 aliphatic heterocycles. The molecule has 0 atom stereocenters. The van der Waals surface area contributed by atoms with Crippen molar-refractivity contribution in [1.82, 2.24) is 11.0 Å². The average Bonchev–Trinajstić information content (AvgIpc) is 2.68. The smallest absolute Gasteiger partial charge is 0.118 e. The van der Waals surface area contributed by atoms with E-state index in [1.807, 2.05) is 60.7 Å². The van der Waals surface area contributed by atoms with Crippen molar-refractivity contribution in [3.8, 4) is 11.5 Å². The van der Waals surface area contributed by atoms with Crippen LogP contribution in [0.1, 0.15) is 17.5 Å². The first-order valence-electron chi connectivity index (χ1n) is 7.71. The van der Waals surface area contributed by atoms with E-state index >= 15 is 0 Å². The van der Waals surface area contributed by atoms with Gasteiger partial charge in [0.1, 0.15) is 11.5 Å². The molecule has 0 saturated carbocycles. The van der Waals surface area contributed by atoms with Crippen LogP contribution in [0.4, 0.5) is 0 Å². The Morgan fingerprint density at radius 2 is 1.12 bits per heavy atom. The summed E-state index contributed by atoms with van der Waals surface area (Å²) < 4.78 is 10.2. The van der Waals surface area contributed by atoms with Crippen LogP contribution < -0.4 is 20.4 Å². The largest absolute Gasteiger partial charge is 0.497 e. The van der Waals surface area contributed by atoms with Crippen molar-refractivity contribution in [1.29, 1.82) is 0 Å². The molecule has 0 amide bonds. The minimum absolute atomic E-state index is 0.490. The normalized spacial score (nSPS) is 11.8. The second-order valence-corrected chi connectivity index (χ2v) is 5.15. The van der Waals surface area contributed by atoms with Crippen molar-refractivity contribution in [3.63, 3.8) is 0 Å². The number of benzene rings is 2. The summed E-state index contributed by atoms with van der Waals surface area (Å²) in [5.41, 5.74) is 7.15. The summed E-state index contributed by atoms with van der Waals surface area (Å²) in [6.07, 6.45) is 4.11. The Labute approximate surface area is 146 Å². The Bertz CT molecular complexity index is 659. The van der Waals surface area contributed by atoms with E-state index < -0.39 is 0 Å². The zero-order valence-electron chi connectivity index (χ0n) is 14.2. The van der Waals surface area contributed by atoms with Crippen LogP contribution in [-0.2, 0) is 0 Å². The minimum atomic E-state index is 0.490. The van der Waals surface area contributed by atoms with Crippen LogP contribution >= 0.6 is 0 Å². The van der Waals surface area contributed by atoms with E-state index in [9.17, 15) is 10.4 Å². The summed E-state index contributed by atoms with van der Waals surface area (Å²) in [6.45, 7) is 0. The first-order valence-corrected chi connectivity index (χ1v) is 7.71. The Hall–Kier alpha value is -2.96. The van der Waals surface area contributed by atoms with Crippen molar-refractivity contribution < 1.29 is 19.9 Å². The standard InChI is InChI=1S/C19H22N2O4/c1-24-16-10-6-14(7-11-16)18(20-22)4-3-5-19(21-23)15-8-12-17(25-2)13-9-15/h4-13,20-23H,3H2,1-2H3/b18-4+,19-5?. The van der Waals surface area contributed by atoms with E-state index in [0.717, 1.165) is 22.6 Å². The lowest BCUT2D eigenvalue weighted by Gasteiger charge is -2.08. The molecule has 0 aromatic heterocycles. The highest BCUT2D eigenvalue weighted by atomic mass is 16.5. The van der Waals surface area contributed by atoms with Gasteiger partial charge in [-0.3, -0.25) is 21.4 Å². The van der Waals surface area contributed by atoms with E-state index in [2.05, 4.69) is 11.0 Å². The zero-order valence-corrected chi connectivity index (χ0v) is 14.2. The van der Waals surface area contributed by atoms with Crippen molar-refractivity contribution in [2.75, 3.05) is 14.2 Å². The number of nitrogens with one attached hydrogen (secondary N) is 2. The lowest BCUT2D eigenvalue weighted by molar-refractivity contribution is 0.224. The van der Waals surface area contributed by atoms with Crippen LogP contribution in [0.5, 0.6) is 11.5 Å². The summed E-state index contributed by atoms with van der Waals surface area (Å²) >= 11 is 0. The molecule has 0 fully saturated rings. The molecular formula is C19H22N2O4. The van der Waals surface area contributed by atoms with Gasteiger partial charge in [0, 0.05) is 0 Å². The van der Waals surface area contributed by atoms with Gasteiger partial charge in [-0.15, -0.1) is 0 Å². The maximum atomic E-state index is 9.35. The fourth-order valence-electron chi connectivity index (χ4n) is 2.29. The Morgan fingerprint density at radius 1 is 0.760 bits per heavy atom. The van der Waals surface area contributed by atoms with Gasteiger partial charge in [0.25, 0.3) is 0 Å². The third kappa shape index (κ3) is 5.00. The minimum Gasteiger partial charge on any atom is -0.497 e. The van der Waals surface area contributed by atoms with E-state index in [4.69, 9.17) is 9.47 Å². The molecule has 0 radical (unpaired) electrons. The van der Waals surface area contributed by atoms with Crippen molar-refractivity contribution in [3.05, 3.63) is 71.8 Å². The molecule has 25 heavy (non-hydrogen) atoms. The van der Waals surface area contributed by atoms with Crippen LogP contribution in [0.3, 0.4) is 0 Å². The highest BCUT2D eigenvalue weighted by Gasteiger charge is 2.02. The molecular weight excluding hydrogens is 320 g/mol. The molecule has 2 aromatic carbocycles. The fraction of sp³-hybridized carbons (Fsp3) is 0.158. The molecule has 4 N–H and O–H groups in total. The quantitative estimate of drug-likeness (QED) is 0.550. The number of hydroxylamine groups is 2. The molecule has 2 aromatic rings. The zero-order chi connectivity index (χ0) is 18.1. The number of hydrogen-bond acceptors (Lipinski definition) is 6. The van der Waals surface area contributed by atoms with Gasteiger partial charge in [-0.1, -0.05) is 12.2 Å². The summed E-state index contributed by atoms with van der Waals surface area (Å²) in [5.74, 6) is 1.49. The molecule has 0 unspecified atom stereocenters. The van der Waals surface area contributed by atoms with Crippen molar-refractivity contribution >= 4 is 11.4 Å². The Morgan fingerprint density at radius 3 is 1.40 bits per heavy atom. The molecule has 0 saturated heterocycles. The molecule has 0 heterocycles. The van der Waals surface area contributed by atoms with Crippen LogP contribution in [0, 0.1) is 0 Å². The number of hydrogen-bond donors (Lipinski definition) is 4. The molecule has 0 aliphatic carbocycles. The Kier molecular flexibility index (Phi) is 6.88. The van der Waals surface area contributed by atoms with Gasteiger partial charge in [-0.2, -0.15) is 0 Å². The fourth-order valence-corrected chi connectivity index (χ4v) is 2.29. The lowest BCUT2D eigenvalue weighted by Crippen LogP contribution is -2.07. The topological polar surface area (TPSA) is 83.0 Å². The highest BCUT2D eigenvalue weighted by molar-refractivity contribution is 5.66. The SMILES string of the molecule is COc1ccc(C(=CC/C=C(/NO)c2ccc(OC)cc2)NO)cc1. The number of ether oxygens (including phenoxy) is 2. The van der Waals surface area contributed by atoms with Crippen molar-refractivity contribution in [2.45, 2.75) is 6.42 Å². The molecule has 6 nitrogen and oxygen atoms in total. The third-order valence-electron chi connectivity index (χ3n) is 3.69. The van der Waals surface area contributed by atoms with Gasteiger partial charge in [0.05, 0.1) is 25.6 Å². The van der Waals surface area contributed by atoms with Gasteiger partial charge in [0.15, 0.2) is 0 Å². The second kappa shape index (κ2) is 9.36. The van der Waals surface area contributed by atoms with Crippen LogP contribution in [-0.4, -0.2) is 24.6 Å². The molecule has 6 heteroatoms. The molecule has 0 aliphatic rings. The highest BCUT2D eigenvalue weighted by Crippen LogP contribution is 2.19. The predicted octanol–water partition coefficient (Wildman–Crippen LogP) is 3.43. The summed E-state index contributed by atoms with van der Waals surface area (Å²) in [7, 11) is 3.20. The van der Waals surface area contributed by atoms with Crippen molar-refractivity contribution in [2.24, 2.45) is 0 Å². The van der Waals surface area contributed by atoms with E-state index in [0.29, 0.717) is 17.8 Å². The first-order chi connectivity index (χ1) is 12.2. The van der Waals surface area contributed by atoms with Gasteiger partial charge in [-0.25, -0.2) is 0 Å². The number of allylic oxidation sites excluding steroid dienone is 2. The van der Waals surface area contributed by atoms with E-state index in [-0.39, 0.29) is 0 Å². The van der Waals surface area contributed by atoms with Crippen LogP contribution in [0.2, 0.25) is 0 Å². The number of methoxy groups -OCH3 is 2. The van der Waals surface area contributed by atoms with Crippen LogP contribution in [0.25, 0.3) is 11.4 Å². The van der Waals surface area contributed by atoms with Gasteiger partial charge in [-0.05, 0) is 66.1 Å². The van der Waals surface area contributed by atoms with Gasteiger partial charge < -0.3 is 9.47 Å².